The third kappa shape index (κ3) is 4.67. The van der Waals surface area contributed by atoms with Gasteiger partial charge < -0.3 is 4.74 Å². The highest BCUT2D eigenvalue weighted by molar-refractivity contribution is 7.80. The second-order valence-corrected chi connectivity index (χ2v) is 7.95. The maximum Gasteiger partial charge on any atom is 0.119 e. The van der Waals surface area contributed by atoms with Gasteiger partial charge in [-0.25, -0.2) is 0 Å². The standard InChI is InChI=1S/C19H30OS/c1-18(2,3)16-8-10-17(11-9-16)20-14-19(15-21)12-6-4-5-7-13-19/h8-11,21H,4-7,12-15H2,1-3H3. The second kappa shape index (κ2) is 7.09. The lowest BCUT2D eigenvalue weighted by molar-refractivity contribution is 0.148. The van der Waals surface area contributed by atoms with Crippen molar-refractivity contribution in [1.82, 2.24) is 0 Å². The molecule has 1 aromatic carbocycles. The van der Waals surface area contributed by atoms with Gasteiger partial charge in [-0.05, 0) is 41.7 Å². The summed E-state index contributed by atoms with van der Waals surface area (Å²) < 4.78 is 6.11. The zero-order chi connectivity index (χ0) is 15.3. The van der Waals surface area contributed by atoms with Gasteiger partial charge in [0.15, 0.2) is 0 Å². The summed E-state index contributed by atoms with van der Waals surface area (Å²) >= 11 is 4.62. The van der Waals surface area contributed by atoms with Crippen LogP contribution in [0, 0.1) is 5.41 Å². The Bertz CT molecular complexity index is 422. The SMILES string of the molecule is CC(C)(C)c1ccc(OCC2(CS)CCCCCC2)cc1. The number of ether oxygens (including phenoxy) is 1. The fourth-order valence-electron chi connectivity index (χ4n) is 3.11. The molecular formula is C19H30OS. The minimum absolute atomic E-state index is 0.201. The van der Waals surface area contributed by atoms with Crippen molar-refractivity contribution in [2.24, 2.45) is 5.41 Å². The predicted octanol–water partition coefficient (Wildman–Crippen LogP) is 5.63. The highest BCUT2D eigenvalue weighted by Gasteiger charge is 2.30. The van der Waals surface area contributed by atoms with E-state index in [0.717, 1.165) is 18.1 Å². The fraction of sp³-hybridized carbons (Fsp3) is 0.684. The Morgan fingerprint density at radius 1 is 1.00 bits per heavy atom. The van der Waals surface area contributed by atoms with Crippen LogP contribution in [0.1, 0.15) is 64.9 Å². The summed E-state index contributed by atoms with van der Waals surface area (Å²) in [5.74, 6) is 1.93. The number of hydrogen-bond donors (Lipinski definition) is 1. The molecule has 0 N–H and O–H groups in total. The van der Waals surface area contributed by atoms with E-state index in [0.29, 0.717) is 0 Å². The van der Waals surface area contributed by atoms with Crippen LogP contribution in [0.3, 0.4) is 0 Å². The van der Waals surface area contributed by atoms with Crippen molar-refractivity contribution in [3.63, 3.8) is 0 Å². The first-order valence-electron chi connectivity index (χ1n) is 8.29. The minimum atomic E-state index is 0.201. The zero-order valence-corrected chi connectivity index (χ0v) is 14.7. The summed E-state index contributed by atoms with van der Waals surface area (Å²) in [5, 5.41) is 0. The van der Waals surface area contributed by atoms with E-state index in [9.17, 15) is 0 Å². The van der Waals surface area contributed by atoms with Crippen LogP contribution in [0.4, 0.5) is 0 Å². The molecule has 21 heavy (non-hydrogen) atoms. The van der Waals surface area contributed by atoms with Gasteiger partial charge in [-0.1, -0.05) is 58.6 Å². The molecule has 0 aliphatic heterocycles. The van der Waals surface area contributed by atoms with Gasteiger partial charge in [0.25, 0.3) is 0 Å². The lowest BCUT2D eigenvalue weighted by Crippen LogP contribution is -2.30. The first-order valence-corrected chi connectivity index (χ1v) is 8.93. The molecule has 1 aliphatic rings. The number of benzene rings is 1. The van der Waals surface area contributed by atoms with E-state index in [4.69, 9.17) is 4.74 Å². The molecule has 0 aromatic heterocycles. The molecule has 1 aliphatic carbocycles. The molecule has 0 atom stereocenters. The molecule has 2 heteroatoms. The van der Waals surface area contributed by atoms with E-state index in [2.05, 4.69) is 57.7 Å². The van der Waals surface area contributed by atoms with Crippen LogP contribution in [0.15, 0.2) is 24.3 Å². The Hall–Kier alpha value is -0.630. The van der Waals surface area contributed by atoms with Crippen LogP contribution in [0.25, 0.3) is 0 Å². The summed E-state index contributed by atoms with van der Waals surface area (Å²) in [6, 6.07) is 8.61. The lowest BCUT2D eigenvalue weighted by Gasteiger charge is -2.31. The number of rotatable bonds is 4. The van der Waals surface area contributed by atoms with Crippen molar-refractivity contribution in [3.05, 3.63) is 29.8 Å². The van der Waals surface area contributed by atoms with Crippen LogP contribution in [0.2, 0.25) is 0 Å². The quantitative estimate of drug-likeness (QED) is 0.560. The minimum Gasteiger partial charge on any atom is -0.493 e. The molecule has 2 rings (SSSR count). The summed E-state index contributed by atoms with van der Waals surface area (Å²) in [7, 11) is 0. The molecule has 1 aromatic rings. The van der Waals surface area contributed by atoms with Crippen molar-refractivity contribution >= 4 is 12.6 Å². The molecule has 0 amide bonds. The van der Waals surface area contributed by atoms with Gasteiger partial charge in [-0.3, -0.25) is 0 Å². The van der Waals surface area contributed by atoms with E-state index in [1.165, 1.54) is 44.1 Å². The van der Waals surface area contributed by atoms with Gasteiger partial charge >= 0.3 is 0 Å². The average molecular weight is 307 g/mol. The Morgan fingerprint density at radius 2 is 1.57 bits per heavy atom. The Labute approximate surface area is 135 Å². The van der Waals surface area contributed by atoms with Crippen LogP contribution < -0.4 is 4.74 Å². The van der Waals surface area contributed by atoms with Crippen molar-refractivity contribution in [1.29, 1.82) is 0 Å². The number of hydrogen-bond acceptors (Lipinski definition) is 2. The van der Waals surface area contributed by atoms with Crippen molar-refractivity contribution in [2.75, 3.05) is 12.4 Å². The maximum absolute atomic E-state index is 6.11. The second-order valence-electron chi connectivity index (χ2n) is 7.64. The highest BCUT2D eigenvalue weighted by Crippen LogP contribution is 2.36. The lowest BCUT2D eigenvalue weighted by atomic mass is 9.83. The average Bonchev–Trinajstić information content (AvgIpc) is 2.71. The first kappa shape index (κ1) is 16.7. The fourth-order valence-corrected chi connectivity index (χ4v) is 3.52. The van der Waals surface area contributed by atoms with E-state index in [1.54, 1.807) is 0 Å². The summed E-state index contributed by atoms with van der Waals surface area (Å²) in [6.45, 7) is 7.53. The molecule has 1 saturated carbocycles. The van der Waals surface area contributed by atoms with Gasteiger partial charge in [-0.15, -0.1) is 0 Å². The van der Waals surface area contributed by atoms with Crippen LogP contribution >= 0.6 is 12.6 Å². The summed E-state index contributed by atoms with van der Waals surface area (Å²) in [4.78, 5) is 0. The van der Waals surface area contributed by atoms with Gasteiger partial charge in [-0.2, -0.15) is 12.6 Å². The molecule has 0 heterocycles. The molecule has 1 nitrogen and oxygen atoms in total. The first-order chi connectivity index (χ1) is 9.95. The van der Waals surface area contributed by atoms with E-state index in [-0.39, 0.29) is 10.8 Å². The predicted molar refractivity (Wildman–Crippen MR) is 94.6 cm³/mol. The third-order valence-corrected chi connectivity index (χ3v) is 5.44. The van der Waals surface area contributed by atoms with Gasteiger partial charge in [0.05, 0.1) is 6.61 Å². The molecule has 0 radical (unpaired) electrons. The number of thiol groups is 1. The van der Waals surface area contributed by atoms with Crippen LogP contribution in [0.5, 0.6) is 5.75 Å². The zero-order valence-electron chi connectivity index (χ0n) is 13.8. The molecule has 0 unspecified atom stereocenters. The topological polar surface area (TPSA) is 9.23 Å². The largest absolute Gasteiger partial charge is 0.493 e. The molecule has 0 saturated heterocycles. The third-order valence-electron chi connectivity index (χ3n) is 4.76. The van der Waals surface area contributed by atoms with Crippen molar-refractivity contribution in [2.45, 2.75) is 64.7 Å². The van der Waals surface area contributed by atoms with Gasteiger partial charge in [0.1, 0.15) is 5.75 Å². The highest BCUT2D eigenvalue weighted by atomic mass is 32.1. The summed E-state index contributed by atoms with van der Waals surface area (Å²) in [6.07, 6.45) is 7.92. The van der Waals surface area contributed by atoms with E-state index >= 15 is 0 Å². The summed E-state index contributed by atoms with van der Waals surface area (Å²) in [5.41, 5.74) is 1.84. The molecule has 0 bridgehead atoms. The van der Waals surface area contributed by atoms with Crippen LogP contribution in [-0.2, 0) is 5.41 Å². The van der Waals surface area contributed by atoms with E-state index < -0.39 is 0 Å². The Kier molecular flexibility index (Phi) is 5.65. The molecule has 0 spiro atoms. The Balaban J connectivity index is 1.97. The van der Waals surface area contributed by atoms with Gasteiger partial charge in [0.2, 0.25) is 0 Å². The monoisotopic (exact) mass is 306 g/mol. The normalized spacial score (nSPS) is 19.0. The van der Waals surface area contributed by atoms with Gasteiger partial charge in [0, 0.05) is 5.41 Å². The molecule has 1 fully saturated rings. The van der Waals surface area contributed by atoms with Crippen molar-refractivity contribution < 1.29 is 4.74 Å². The smallest absolute Gasteiger partial charge is 0.119 e. The van der Waals surface area contributed by atoms with Crippen molar-refractivity contribution in [3.8, 4) is 5.75 Å². The molecular weight excluding hydrogens is 276 g/mol. The molecule has 118 valence electrons. The Morgan fingerprint density at radius 3 is 2.05 bits per heavy atom. The van der Waals surface area contributed by atoms with Crippen LogP contribution in [-0.4, -0.2) is 12.4 Å². The maximum atomic E-state index is 6.11. The van der Waals surface area contributed by atoms with E-state index in [1.807, 2.05) is 0 Å².